The van der Waals surface area contributed by atoms with Crippen LogP contribution >= 0.6 is 0 Å². The Hall–Kier alpha value is -1.55. The van der Waals surface area contributed by atoms with Crippen molar-refractivity contribution in [3.63, 3.8) is 0 Å². The van der Waals surface area contributed by atoms with Crippen molar-refractivity contribution in [3.05, 3.63) is 29.8 Å². The lowest BCUT2D eigenvalue weighted by Crippen LogP contribution is -2.62. The van der Waals surface area contributed by atoms with Crippen LogP contribution in [0.4, 0.5) is 0 Å². The summed E-state index contributed by atoms with van der Waals surface area (Å²) in [6, 6.07) is 7.98. The molecule has 4 aliphatic carbocycles. The van der Waals surface area contributed by atoms with Crippen molar-refractivity contribution in [1.29, 1.82) is 0 Å². The first-order chi connectivity index (χ1) is 11.8. The Kier molecular flexibility index (Phi) is 3.87. The zero-order chi connectivity index (χ0) is 17.8. The summed E-state index contributed by atoms with van der Waals surface area (Å²) in [5, 5.41) is 14.1. The normalized spacial score (nSPS) is 36.3. The summed E-state index contributed by atoms with van der Waals surface area (Å²) in [6.07, 6.45) is 4.98. The SMILES string of the molecule is COc1cccc(C(C)(C)C(=O)N[C@@H]2[C@@H]3CC4C[C@H]2C[C@](O)(C4)C3)c1. The predicted molar refractivity (Wildman–Crippen MR) is 96.5 cm³/mol. The maximum atomic E-state index is 13.1. The smallest absolute Gasteiger partial charge is 0.230 e. The fraction of sp³-hybridized carbons (Fsp3) is 0.667. The number of rotatable bonds is 4. The molecule has 4 fully saturated rings. The van der Waals surface area contributed by atoms with Crippen LogP contribution in [-0.4, -0.2) is 29.8 Å². The van der Waals surface area contributed by atoms with Crippen LogP contribution in [0.15, 0.2) is 24.3 Å². The molecule has 4 aliphatic rings. The van der Waals surface area contributed by atoms with Gasteiger partial charge >= 0.3 is 0 Å². The summed E-state index contributed by atoms with van der Waals surface area (Å²) in [7, 11) is 1.64. The summed E-state index contributed by atoms with van der Waals surface area (Å²) < 4.78 is 5.31. The number of ether oxygens (including phenoxy) is 1. The molecule has 1 unspecified atom stereocenters. The molecule has 4 bridgehead atoms. The van der Waals surface area contributed by atoms with E-state index in [4.69, 9.17) is 4.74 Å². The third-order valence-electron chi connectivity index (χ3n) is 6.90. The molecule has 0 spiro atoms. The second-order valence-corrected chi connectivity index (χ2v) is 9.05. The van der Waals surface area contributed by atoms with Crippen molar-refractivity contribution >= 4 is 5.91 Å². The highest BCUT2D eigenvalue weighted by Crippen LogP contribution is 2.55. The molecule has 1 aromatic carbocycles. The van der Waals surface area contributed by atoms with E-state index in [0.717, 1.165) is 43.4 Å². The van der Waals surface area contributed by atoms with Crippen molar-refractivity contribution < 1.29 is 14.6 Å². The quantitative estimate of drug-likeness (QED) is 0.883. The fourth-order valence-corrected chi connectivity index (χ4v) is 5.69. The number of carbonyl (C=O) groups is 1. The van der Waals surface area contributed by atoms with Crippen molar-refractivity contribution in [2.24, 2.45) is 17.8 Å². The molecule has 5 atom stereocenters. The van der Waals surface area contributed by atoms with Gasteiger partial charge in [-0.2, -0.15) is 0 Å². The Morgan fingerprint density at radius 3 is 2.52 bits per heavy atom. The Balaban J connectivity index is 1.51. The van der Waals surface area contributed by atoms with Gasteiger partial charge in [0.15, 0.2) is 0 Å². The molecule has 4 heteroatoms. The average Bonchev–Trinajstić information content (AvgIpc) is 2.56. The lowest BCUT2D eigenvalue weighted by molar-refractivity contribution is -0.148. The first-order valence-electron chi connectivity index (χ1n) is 9.49. The van der Waals surface area contributed by atoms with E-state index in [-0.39, 0.29) is 11.9 Å². The summed E-state index contributed by atoms with van der Waals surface area (Å²) in [5.41, 5.74) is -0.105. The van der Waals surface area contributed by atoms with Crippen LogP contribution in [-0.2, 0) is 10.2 Å². The second kappa shape index (κ2) is 5.73. The molecule has 4 nitrogen and oxygen atoms in total. The van der Waals surface area contributed by atoms with Crippen LogP contribution in [0.3, 0.4) is 0 Å². The molecule has 136 valence electrons. The third-order valence-corrected chi connectivity index (χ3v) is 6.90. The number of carbonyl (C=O) groups excluding carboxylic acids is 1. The molecule has 0 saturated heterocycles. The fourth-order valence-electron chi connectivity index (χ4n) is 5.69. The number of methoxy groups -OCH3 is 1. The van der Waals surface area contributed by atoms with Crippen molar-refractivity contribution in [3.8, 4) is 5.75 Å². The van der Waals surface area contributed by atoms with E-state index in [1.165, 1.54) is 0 Å². The van der Waals surface area contributed by atoms with Gasteiger partial charge in [-0.15, -0.1) is 0 Å². The molecule has 25 heavy (non-hydrogen) atoms. The van der Waals surface area contributed by atoms with Gasteiger partial charge in [0, 0.05) is 6.04 Å². The van der Waals surface area contributed by atoms with Crippen LogP contribution in [0, 0.1) is 17.8 Å². The second-order valence-electron chi connectivity index (χ2n) is 9.05. The van der Waals surface area contributed by atoms with Crippen LogP contribution in [0.1, 0.15) is 51.5 Å². The Labute approximate surface area is 150 Å². The molecule has 4 saturated carbocycles. The zero-order valence-electron chi connectivity index (χ0n) is 15.4. The molecule has 1 amide bonds. The first kappa shape index (κ1) is 16.9. The van der Waals surface area contributed by atoms with Crippen molar-refractivity contribution in [1.82, 2.24) is 5.32 Å². The highest BCUT2D eigenvalue weighted by molar-refractivity contribution is 5.87. The van der Waals surface area contributed by atoms with E-state index in [1.54, 1.807) is 7.11 Å². The van der Waals surface area contributed by atoms with Gasteiger partial charge in [0.05, 0.1) is 18.1 Å². The van der Waals surface area contributed by atoms with Gasteiger partial charge in [0.2, 0.25) is 5.91 Å². The molecule has 0 aliphatic heterocycles. The lowest BCUT2D eigenvalue weighted by Gasteiger charge is -2.58. The first-order valence-corrected chi connectivity index (χ1v) is 9.49. The molecule has 2 N–H and O–H groups in total. The Morgan fingerprint density at radius 2 is 1.92 bits per heavy atom. The minimum Gasteiger partial charge on any atom is -0.497 e. The summed E-state index contributed by atoms with van der Waals surface area (Å²) >= 11 is 0. The highest BCUT2D eigenvalue weighted by atomic mass is 16.5. The molecular weight excluding hydrogens is 314 g/mol. The maximum Gasteiger partial charge on any atom is 0.230 e. The zero-order valence-corrected chi connectivity index (χ0v) is 15.4. The summed E-state index contributed by atoms with van der Waals surface area (Å²) in [5.74, 6) is 2.37. The minimum absolute atomic E-state index is 0.0743. The van der Waals surface area contributed by atoms with Crippen LogP contribution in [0.5, 0.6) is 5.75 Å². The van der Waals surface area contributed by atoms with Gasteiger partial charge in [-0.05, 0) is 81.4 Å². The van der Waals surface area contributed by atoms with Crippen LogP contribution in [0.25, 0.3) is 0 Å². The summed E-state index contributed by atoms with van der Waals surface area (Å²) in [6.45, 7) is 3.95. The number of aliphatic hydroxyl groups is 1. The topological polar surface area (TPSA) is 58.6 Å². The van der Waals surface area contributed by atoms with E-state index >= 15 is 0 Å². The van der Waals surface area contributed by atoms with E-state index in [0.29, 0.717) is 17.8 Å². The van der Waals surface area contributed by atoms with E-state index in [1.807, 2.05) is 38.1 Å². The van der Waals surface area contributed by atoms with E-state index in [2.05, 4.69) is 5.32 Å². The minimum atomic E-state index is -0.611. The summed E-state index contributed by atoms with van der Waals surface area (Å²) in [4.78, 5) is 13.1. The number of nitrogens with one attached hydrogen (secondary N) is 1. The van der Waals surface area contributed by atoms with Crippen molar-refractivity contribution in [2.75, 3.05) is 7.11 Å². The lowest BCUT2D eigenvalue weighted by atomic mass is 9.52. The van der Waals surface area contributed by atoms with E-state index in [9.17, 15) is 9.90 Å². The largest absolute Gasteiger partial charge is 0.497 e. The van der Waals surface area contributed by atoms with Gasteiger partial charge in [-0.1, -0.05) is 12.1 Å². The Morgan fingerprint density at radius 1 is 1.24 bits per heavy atom. The van der Waals surface area contributed by atoms with Crippen LogP contribution < -0.4 is 10.1 Å². The van der Waals surface area contributed by atoms with Crippen LogP contribution in [0.2, 0.25) is 0 Å². The monoisotopic (exact) mass is 343 g/mol. The van der Waals surface area contributed by atoms with E-state index < -0.39 is 11.0 Å². The molecule has 0 aromatic heterocycles. The van der Waals surface area contributed by atoms with Gasteiger partial charge in [0.25, 0.3) is 0 Å². The van der Waals surface area contributed by atoms with Gasteiger partial charge in [0.1, 0.15) is 5.75 Å². The molecule has 1 aromatic rings. The van der Waals surface area contributed by atoms with Crippen molar-refractivity contribution in [2.45, 2.75) is 63.0 Å². The molecule has 0 heterocycles. The average molecular weight is 343 g/mol. The standard InChI is InChI=1S/C21H29NO3/c1-20(2,16-5-4-6-17(9-16)25-3)19(23)22-18-14-7-13-8-15(18)12-21(24,10-13)11-14/h4-6,9,13-15,18,24H,7-8,10-12H2,1-3H3,(H,22,23)/t13?,14-,15+,18-,21+. The number of hydrogen-bond acceptors (Lipinski definition) is 3. The maximum absolute atomic E-state index is 13.1. The predicted octanol–water partition coefficient (Wildman–Crippen LogP) is 3.03. The Bertz CT molecular complexity index is 667. The number of benzene rings is 1. The molecule has 0 radical (unpaired) electrons. The van der Waals surface area contributed by atoms with Gasteiger partial charge < -0.3 is 15.2 Å². The molecule has 5 rings (SSSR count). The van der Waals surface area contributed by atoms with Gasteiger partial charge in [-0.3, -0.25) is 4.79 Å². The van der Waals surface area contributed by atoms with Gasteiger partial charge in [-0.25, -0.2) is 0 Å². The third kappa shape index (κ3) is 2.84. The molecular formula is C21H29NO3. The highest BCUT2D eigenvalue weighted by Gasteiger charge is 2.55. The number of hydrogen-bond donors (Lipinski definition) is 2. The number of amides is 1.